The van der Waals surface area contributed by atoms with Gasteiger partial charge in [-0.05, 0) is 24.2 Å². The van der Waals surface area contributed by atoms with E-state index >= 15 is 0 Å². The first-order chi connectivity index (χ1) is 5.08. The molecule has 0 aliphatic heterocycles. The van der Waals surface area contributed by atoms with Crippen LogP contribution in [0.3, 0.4) is 0 Å². The van der Waals surface area contributed by atoms with Crippen LogP contribution in [0.5, 0.6) is 0 Å². The minimum absolute atomic E-state index is 0.249. The first-order valence-corrected chi connectivity index (χ1v) is 4.53. The molecule has 11 heavy (non-hydrogen) atoms. The molecule has 0 spiro atoms. The molecular weight excluding hydrogens is 136 g/mol. The SMILES string of the molecule is C[C@H]1CCCC(C)(C)[C@H]1C=O. The van der Waals surface area contributed by atoms with Crippen LogP contribution in [0.4, 0.5) is 0 Å². The largest absolute Gasteiger partial charge is 0.303 e. The van der Waals surface area contributed by atoms with E-state index in [1.165, 1.54) is 19.3 Å². The summed E-state index contributed by atoms with van der Waals surface area (Å²) in [5.74, 6) is 0.882. The maximum Gasteiger partial charge on any atom is 0.123 e. The topological polar surface area (TPSA) is 17.1 Å². The minimum Gasteiger partial charge on any atom is -0.303 e. The molecule has 0 radical (unpaired) electrons. The van der Waals surface area contributed by atoms with Gasteiger partial charge >= 0.3 is 0 Å². The average molecular weight is 154 g/mol. The molecule has 0 heterocycles. The second-order valence-corrected chi connectivity index (χ2v) is 4.52. The van der Waals surface area contributed by atoms with Gasteiger partial charge in [-0.15, -0.1) is 0 Å². The Kier molecular flexibility index (Phi) is 2.36. The lowest BCUT2D eigenvalue weighted by Gasteiger charge is -2.39. The lowest BCUT2D eigenvalue weighted by Crippen LogP contribution is -2.34. The summed E-state index contributed by atoms with van der Waals surface area (Å²) < 4.78 is 0. The maximum absolute atomic E-state index is 10.8. The molecule has 1 fully saturated rings. The zero-order valence-electron chi connectivity index (χ0n) is 7.76. The fourth-order valence-electron chi connectivity index (χ4n) is 2.31. The summed E-state index contributed by atoms with van der Waals surface area (Å²) in [6.07, 6.45) is 4.88. The van der Waals surface area contributed by atoms with E-state index in [0.717, 1.165) is 6.29 Å². The highest BCUT2D eigenvalue weighted by molar-refractivity contribution is 5.55. The fourth-order valence-corrected chi connectivity index (χ4v) is 2.31. The van der Waals surface area contributed by atoms with E-state index in [2.05, 4.69) is 20.8 Å². The Morgan fingerprint density at radius 3 is 2.45 bits per heavy atom. The van der Waals surface area contributed by atoms with E-state index in [-0.39, 0.29) is 11.3 Å². The van der Waals surface area contributed by atoms with Crippen molar-refractivity contribution in [2.75, 3.05) is 0 Å². The van der Waals surface area contributed by atoms with E-state index in [0.29, 0.717) is 5.92 Å². The molecule has 0 aromatic heterocycles. The van der Waals surface area contributed by atoms with Crippen LogP contribution >= 0.6 is 0 Å². The van der Waals surface area contributed by atoms with Gasteiger partial charge in [-0.1, -0.05) is 27.2 Å². The Balaban J connectivity index is 2.72. The van der Waals surface area contributed by atoms with E-state index in [4.69, 9.17) is 0 Å². The van der Waals surface area contributed by atoms with Crippen molar-refractivity contribution in [2.24, 2.45) is 17.3 Å². The number of hydrogen-bond donors (Lipinski definition) is 0. The standard InChI is InChI=1S/C10H18O/c1-8-5-4-6-10(2,3)9(8)7-11/h7-9H,4-6H2,1-3H3/t8-,9-/m0/s1. The van der Waals surface area contributed by atoms with Crippen molar-refractivity contribution < 1.29 is 4.79 Å². The third-order valence-corrected chi connectivity index (χ3v) is 3.14. The molecular formula is C10H18O. The summed E-state index contributed by atoms with van der Waals surface area (Å²) in [6, 6.07) is 0. The molecule has 0 bridgehead atoms. The third-order valence-electron chi connectivity index (χ3n) is 3.14. The Labute approximate surface area is 69.2 Å². The minimum atomic E-state index is 0.249. The summed E-state index contributed by atoms with van der Waals surface area (Å²) in [5, 5.41) is 0. The average Bonchev–Trinajstić information content (AvgIpc) is 1.86. The van der Waals surface area contributed by atoms with E-state index in [9.17, 15) is 4.79 Å². The second kappa shape index (κ2) is 2.96. The molecule has 2 atom stereocenters. The summed E-state index contributed by atoms with van der Waals surface area (Å²) in [6.45, 7) is 6.61. The summed E-state index contributed by atoms with van der Waals surface area (Å²) in [5.41, 5.74) is 0.249. The predicted molar refractivity (Wildman–Crippen MR) is 46.4 cm³/mol. The molecule has 1 aliphatic carbocycles. The van der Waals surface area contributed by atoms with Gasteiger partial charge in [-0.3, -0.25) is 0 Å². The third kappa shape index (κ3) is 1.63. The van der Waals surface area contributed by atoms with Crippen LogP contribution in [0.15, 0.2) is 0 Å². The molecule has 1 heteroatoms. The normalized spacial score (nSPS) is 36.6. The molecule has 0 N–H and O–H groups in total. The maximum atomic E-state index is 10.8. The Bertz CT molecular complexity index is 149. The number of aldehydes is 1. The van der Waals surface area contributed by atoms with Gasteiger partial charge in [0.15, 0.2) is 0 Å². The van der Waals surface area contributed by atoms with E-state index in [1.54, 1.807) is 0 Å². The fraction of sp³-hybridized carbons (Fsp3) is 0.900. The highest BCUT2D eigenvalue weighted by Gasteiger charge is 2.36. The molecule has 0 unspecified atom stereocenters. The highest BCUT2D eigenvalue weighted by Crippen LogP contribution is 2.42. The Hall–Kier alpha value is -0.330. The monoisotopic (exact) mass is 154 g/mol. The number of carbonyl (C=O) groups is 1. The van der Waals surface area contributed by atoms with Gasteiger partial charge in [0.2, 0.25) is 0 Å². The molecule has 0 aromatic carbocycles. The Morgan fingerprint density at radius 1 is 1.45 bits per heavy atom. The zero-order chi connectivity index (χ0) is 8.48. The van der Waals surface area contributed by atoms with Gasteiger partial charge in [-0.2, -0.15) is 0 Å². The van der Waals surface area contributed by atoms with E-state index in [1.807, 2.05) is 0 Å². The van der Waals surface area contributed by atoms with Crippen molar-refractivity contribution >= 4 is 6.29 Å². The van der Waals surface area contributed by atoms with Crippen molar-refractivity contribution in [3.05, 3.63) is 0 Å². The first-order valence-electron chi connectivity index (χ1n) is 4.53. The van der Waals surface area contributed by atoms with Crippen LogP contribution < -0.4 is 0 Å². The predicted octanol–water partition coefficient (Wildman–Crippen LogP) is 2.65. The molecule has 64 valence electrons. The van der Waals surface area contributed by atoms with Gasteiger partial charge in [0.25, 0.3) is 0 Å². The second-order valence-electron chi connectivity index (χ2n) is 4.52. The van der Waals surface area contributed by atoms with Gasteiger partial charge in [0.05, 0.1) is 0 Å². The summed E-state index contributed by atoms with van der Waals surface area (Å²) in [7, 11) is 0. The van der Waals surface area contributed by atoms with Gasteiger partial charge < -0.3 is 4.79 Å². The van der Waals surface area contributed by atoms with Gasteiger partial charge in [0.1, 0.15) is 6.29 Å². The molecule has 0 amide bonds. The molecule has 0 aromatic rings. The summed E-state index contributed by atoms with van der Waals surface area (Å²) in [4.78, 5) is 10.8. The molecule has 1 saturated carbocycles. The quantitative estimate of drug-likeness (QED) is 0.531. The van der Waals surface area contributed by atoms with Crippen molar-refractivity contribution in [3.8, 4) is 0 Å². The number of rotatable bonds is 1. The van der Waals surface area contributed by atoms with Crippen LogP contribution in [0.1, 0.15) is 40.0 Å². The lowest BCUT2D eigenvalue weighted by molar-refractivity contribution is -0.117. The van der Waals surface area contributed by atoms with Crippen LogP contribution in [0.2, 0.25) is 0 Å². The summed E-state index contributed by atoms with van der Waals surface area (Å²) >= 11 is 0. The van der Waals surface area contributed by atoms with Crippen LogP contribution in [0, 0.1) is 17.3 Å². The van der Waals surface area contributed by atoms with Crippen molar-refractivity contribution in [1.82, 2.24) is 0 Å². The molecule has 0 saturated heterocycles. The zero-order valence-corrected chi connectivity index (χ0v) is 7.76. The van der Waals surface area contributed by atoms with Crippen LogP contribution in [0.25, 0.3) is 0 Å². The lowest BCUT2D eigenvalue weighted by atomic mass is 9.65. The van der Waals surface area contributed by atoms with Crippen molar-refractivity contribution in [2.45, 2.75) is 40.0 Å². The highest BCUT2D eigenvalue weighted by atomic mass is 16.1. The molecule has 1 aliphatic rings. The van der Waals surface area contributed by atoms with Crippen LogP contribution in [-0.2, 0) is 4.79 Å². The number of hydrogen-bond acceptors (Lipinski definition) is 1. The Morgan fingerprint density at radius 2 is 2.09 bits per heavy atom. The van der Waals surface area contributed by atoms with Gasteiger partial charge in [0, 0.05) is 5.92 Å². The van der Waals surface area contributed by atoms with Crippen LogP contribution in [-0.4, -0.2) is 6.29 Å². The van der Waals surface area contributed by atoms with Crippen molar-refractivity contribution in [1.29, 1.82) is 0 Å². The first kappa shape index (κ1) is 8.76. The molecule has 1 nitrogen and oxygen atoms in total. The smallest absolute Gasteiger partial charge is 0.123 e. The van der Waals surface area contributed by atoms with Gasteiger partial charge in [-0.25, -0.2) is 0 Å². The molecule has 1 rings (SSSR count). The number of carbonyl (C=O) groups excluding carboxylic acids is 1. The van der Waals surface area contributed by atoms with E-state index < -0.39 is 0 Å². The van der Waals surface area contributed by atoms with Crippen molar-refractivity contribution in [3.63, 3.8) is 0 Å².